The van der Waals surface area contributed by atoms with Crippen LogP contribution in [0.25, 0.3) is 0 Å². The number of nitrogens with two attached hydrogens (primary N) is 1. The van der Waals surface area contributed by atoms with Crippen molar-refractivity contribution in [2.24, 2.45) is 23.0 Å². The lowest BCUT2D eigenvalue weighted by molar-refractivity contribution is 0.186. The lowest BCUT2D eigenvalue weighted by Gasteiger charge is -2.37. The van der Waals surface area contributed by atoms with Gasteiger partial charge in [-0.15, -0.1) is 0 Å². The molecule has 0 spiro atoms. The minimum atomic E-state index is 0.412. The third-order valence-corrected chi connectivity index (χ3v) is 4.45. The van der Waals surface area contributed by atoms with E-state index in [2.05, 4.69) is 26.1 Å². The Morgan fingerprint density at radius 3 is 2.25 bits per heavy atom. The van der Waals surface area contributed by atoms with E-state index in [1.807, 2.05) is 0 Å². The first-order chi connectivity index (χ1) is 7.59. The average molecular weight is 226 g/mol. The van der Waals surface area contributed by atoms with Crippen LogP contribution in [-0.4, -0.2) is 19.6 Å². The predicted octanol–water partition coefficient (Wildman–Crippen LogP) is 2.78. The Morgan fingerprint density at radius 2 is 1.75 bits per heavy atom. The van der Waals surface area contributed by atoms with Gasteiger partial charge in [0.15, 0.2) is 0 Å². The van der Waals surface area contributed by atoms with Crippen LogP contribution in [0.5, 0.6) is 0 Å². The fourth-order valence-corrected chi connectivity index (χ4v) is 2.56. The fourth-order valence-electron chi connectivity index (χ4n) is 2.56. The van der Waals surface area contributed by atoms with Gasteiger partial charge in [-0.25, -0.2) is 0 Å². The topological polar surface area (TPSA) is 38.0 Å². The van der Waals surface area contributed by atoms with Gasteiger partial charge in [-0.3, -0.25) is 0 Å². The van der Waals surface area contributed by atoms with Gasteiger partial charge in [-0.1, -0.05) is 40.0 Å². The number of rotatable bonds is 6. The molecule has 1 aliphatic rings. The predicted molar refractivity (Wildman–Crippen MR) is 71.4 cm³/mol. The van der Waals surface area contributed by atoms with Gasteiger partial charge in [-0.05, 0) is 43.2 Å². The van der Waals surface area contributed by atoms with Crippen LogP contribution in [0.1, 0.15) is 52.9 Å². The SMILES string of the molecule is CC(C)C(C)CNCC1(CN)CCCCC1. The Bertz CT molecular complexity index is 183. The average Bonchev–Trinajstić information content (AvgIpc) is 2.30. The highest BCUT2D eigenvalue weighted by Gasteiger charge is 2.30. The summed E-state index contributed by atoms with van der Waals surface area (Å²) in [5, 5.41) is 3.65. The molecule has 96 valence electrons. The second-order valence-electron chi connectivity index (χ2n) is 6.12. The van der Waals surface area contributed by atoms with E-state index in [4.69, 9.17) is 5.73 Å². The maximum atomic E-state index is 5.97. The Balaban J connectivity index is 2.28. The molecular formula is C14H30N2. The maximum Gasteiger partial charge on any atom is 0.00200 e. The zero-order chi connectivity index (χ0) is 12.0. The first-order valence-corrected chi connectivity index (χ1v) is 7.00. The van der Waals surface area contributed by atoms with Gasteiger partial charge < -0.3 is 11.1 Å². The molecule has 0 amide bonds. The molecule has 1 fully saturated rings. The van der Waals surface area contributed by atoms with Crippen molar-refractivity contribution in [3.8, 4) is 0 Å². The summed E-state index contributed by atoms with van der Waals surface area (Å²) in [7, 11) is 0. The molecule has 0 aromatic rings. The van der Waals surface area contributed by atoms with E-state index in [0.717, 1.165) is 31.5 Å². The van der Waals surface area contributed by atoms with Crippen LogP contribution >= 0.6 is 0 Å². The van der Waals surface area contributed by atoms with Gasteiger partial charge in [0.05, 0.1) is 0 Å². The molecule has 0 aromatic heterocycles. The van der Waals surface area contributed by atoms with Crippen molar-refractivity contribution in [3.05, 3.63) is 0 Å². The fraction of sp³-hybridized carbons (Fsp3) is 1.00. The molecular weight excluding hydrogens is 196 g/mol. The molecule has 0 heterocycles. The van der Waals surface area contributed by atoms with E-state index in [-0.39, 0.29) is 0 Å². The van der Waals surface area contributed by atoms with Crippen LogP contribution in [0.2, 0.25) is 0 Å². The van der Waals surface area contributed by atoms with Crippen LogP contribution in [0.3, 0.4) is 0 Å². The van der Waals surface area contributed by atoms with Crippen molar-refractivity contribution >= 4 is 0 Å². The van der Waals surface area contributed by atoms with Crippen molar-refractivity contribution in [1.82, 2.24) is 5.32 Å². The minimum absolute atomic E-state index is 0.412. The molecule has 3 N–H and O–H groups in total. The highest BCUT2D eigenvalue weighted by atomic mass is 14.9. The highest BCUT2D eigenvalue weighted by molar-refractivity contribution is 4.85. The third kappa shape index (κ3) is 4.06. The molecule has 0 saturated heterocycles. The monoisotopic (exact) mass is 226 g/mol. The molecule has 0 bridgehead atoms. The van der Waals surface area contributed by atoms with Gasteiger partial charge >= 0.3 is 0 Å². The Kier molecular flexibility index (Phi) is 5.77. The van der Waals surface area contributed by atoms with Crippen LogP contribution in [-0.2, 0) is 0 Å². The van der Waals surface area contributed by atoms with Crippen LogP contribution in [0.4, 0.5) is 0 Å². The summed E-state index contributed by atoms with van der Waals surface area (Å²) < 4.78 is 0. The molecule has 1 unspecified atom stereocenters. The van der Waals surface area contributed by atoms with Gasteiger partial charge in [-0.2, -0.15) is 0 Å². The quantitative estimate of drug-likeness (QED) is 0.731. The molecule has 0 aromatic carbocycles. The van der Waals surface area contributed by atoms with E-state index >= 15 is 0 Å². The summed E-state index contributed by atoms with van der Waals surface area (Å²) in [4.78, 5) is 0. The number of nitrogens with one attached hydrogen (secondary N) is 1. The molecule has 1 rings (SSSR count). The van der Waals surface area contributed by atoms with E-state index < -0.39 is 0 Å². The molecule has 2 nitrogen and oxygen atoms in total. The second-order valence-corrected chi connectivity index (χ2v) is 6.12. The normalized spacial score (nSPS) is 22.3. The highest BCUT2D eigenvalue weighted by Crippen LogP contribution is 2.34. The van der Waals surface area contributed by atoms with Gasteiger partial charge in [0.25, 0.3) is 0 Å². The molecule has 2 heteroatoms. The first kappa shape index (κ1) is 14.0. The zero-order valence-electron chi connectivity index (χ0n) is 11.4. The summed E-state index contributed by atoms with van der Waals surface area (Å²) in [6, 6.07) is 0. The van der Waals surface area contributed by atoms with Crippen LogP contribution in [0.15, 0.2) is 0 Å². The van der Waals surface area contributed by atoms with Crippen molar-refractivity contribution in [2.75, 3.05) is 19.6 Å². The maximum absolute atomic E-state index is 5.97. The molecule has 0 radical (unpaired) electrons. The number of hydrogen-bond acceptors (Lipinski definition) is 2. The van der Waals surface area contributed by atoms with Crippen LogP contribution < -0.4 is 11.1 Å². The first-order valence-electron chi connectivity index (χ1n) is 7.00. The van der Waals surface area contributed by atoms with Crippen molar-refractivity contribution in [2.45, 2.75) is 52.9 Å². The lowest BCUT2D eigenvalue weighted by atomic mass is 9.74. The van der Waals surface area contributed by atoms with E-state index in [1.165, 1.54) is 32.1 Å². The van der Waals surface area contributed by atoms with Crippen molar-refractivity contribution < 1.29 is 0 Å². The Morgan fingerprint density at radius 1 is 1.12 bits per heavy atom. The van der Waals surface area contributed by atoms with E-state index in [9.17, 15) is 0 Å². The van der Waals surface area contributed by atoms with Crippen molar-refractivity contribution in [3.63, 3.8) is 0 Å². The van der Waals surface area contributed by atoms with E-state index in [1.54, 1.807) is 0 Å². The molecule has 16 heavy (non-hydrogen) atoms. The smallest absolute Gasteiger partial charge is 0.00200 e. The third-order valence-electron chi connectivity index (χ3n) is 4.45. The van der Waals surface area contributed by atoms with Gasteiger partial charge in [0, 0.05) is 6.54 Å². The zero-order valence-corrected chi connectivity index (χ0v) is 11.4. The van der Waals surface area contributed by atoms with Gasteiger partial charge in [0.1, 0.15) is 0 Å². The summed E-state index contributed by atoms with van der Waals surface area (Å²) in [5.41, 5.74) is 6.39. The van der Waals surface area contributed by atoms with Crippen LogP contribution in [0, 0.1) is 17.3 Å². The standard InChI is InChI=1S/C14H30N2/c1-12(2)13(3)9-16-11-14(10-15)7-5-4-6-8-14/h12-13,16H,4-11,15H2,1-3H3. The van der Waals surface area contributed by atoms with E-state index in [0.29, 0.717) is 5.41 Å². The summed E-state index contributed by atoms with van der Waals surface area (Å²) in [6.07, 6.45) is 6.81. The summed E-state index contributed by atoms with van der Waals surface area (Å²) >= 11 is 0. The van der Waals surface area contributed by atoms with Crippen molar-refractivity contribution in [1.29, 1.82) is 0 Å². The largest absolute Gasteiger partial charge is 0.330 e. The summed E-state index contributed by atoms with van der Waals surface area (Å²) in [5.74, 6) is 1.53. The molecule has 1 atom stereocenters. The number of hydrogen-bond donors (Lipinski definition) is 2. The summed E-state index contributed by atoms with van der Waals surface area (Å²) in [6.45, 7) is 10.0. The minimum Gasteiger partial charge on any atom is -0.330 e. The second kappa shape index (κ2) is 6.61. The molecule has 0 aliphatic heterocycles. The molecule has 1 saturated carbocycles. The Labute approximate surface area is 101 Å². The Hall–Kier alpha value is -0.0800. The molecule has 1 aliphatic carbocycles. The van der Waals surface area contributed by atoms with Gasteiger partial charge in [0.2, 0.25) is 0 Å². The lowest BCUT2D eigenvalue weighted by Crippen LogP contribution is -2.43.